The minimum absolute atomic E-state index is 0.0296. The number of anilines is 1. The molecule has 8 heteroatoms. The van der Waals surface area contributed by atoms with Crippen molar-refractivity contribution in [2.45, 2.75) is 31.7 Å². The van der Waals surface area contributed by atoms with E-state index in [4.69, 9.17) is 5.73 Å². The van der Waals surface area contributed by atoms with E-state index < -0.39 is 25.9 Å². The summed E-state index contributed by atoms with van der Waals surface area (Å²) in [5.41, 5.74) is 7.80. The Morgan fingerprint density at radius 2 is 1.81 bits per heavy atom. The number of aryl methyl sites for hydroxylation is 2. The summed E-state index contributed by atoms with van der Waals surface area (Å²) in [7, 11) is -6.96. The molecule has 21 heavy (non-hydrogen) atoms. The molecule has 0 spiro atoms. The lowest BCUT2D eigenvalue weighted by Crippen LogP contribution is -2.49. The molecule has 0 amide bonds. The second-order valence-electron chi connectivity index (χ2n) is 5.55. The predicted molar refractivity (Wildman–Crippen MR) is 82.3 cm³/mol. The maximum absolute atomic E-state index is 12.7. The molecule has 0 aliphatic carbocycles. The topological polar surface area (TPSA) is 97.5 Å². The SMILES string of the molecule is Cc1cc(N)c(S(=O)(=O)N2CCS(=O)(=O)CC2C)cc1C. The minimum atomic E-state index is -3.79. The summed E-state index contributed by atoms with van der Waals surface area (Å²) in [6.07, 6.45) is 0. The molecular formula is C13H20N2O4S2. The Morgan fingerprint density at radius 1 is 1.24 bits per heavy atom. The van der Waals surface area contributed by atoms with Gasteiger partial charge in [0.1, 0.15) is 4.90 Å². The van der Waals surface area contributed by atoms with Gasteiger partial charge in [0, 0.05) is 12.6 Å². The second-order valence-corrected chi connectivity index (χ2v) is 9.64. The lowest BCUT2D eigenvalue weighted by molar-refractivity contribution is 0.357. The van der Waals surface area contributed by atoms with E-state index in [1.807, 2.05) is 13.8 Å². The molecule has 1 aromatic carbocycles. The first-order valence-electron chi connectivity index (χ1n) is 6.63. The van der Waals surface area contributed by atoms with Crippen molar-refractivity contribution in [3.63, 3.8) is 0 Å². The molecule has 1 fully saturated rings. The fraction of sp³-hybridized carbons (Fsp3) is 0.538. The van der Waals surface area contributed by atoms with Crippen LogP contribution < -0.4 is 5.73 Å². The number of benzene rings is 1. The van der Waals surface area contributed by atoms with E-state index in [0.29, 0.717) is 0 Å². The van der Waals surface area contributed by atoms with Gasteiger partial charge in [0.2, 0.25) is 10.0 Å². The Morgan fingerprint density at radius 3 is 2.38 bits per heavy atom. The van der Waals surface area contributed by atoms with Crippen LogP contribution in [-0.2, 0) is 19.9 Å². The number of nitrogen functional groups attached to an aromatic ring is 1. The smallest absolute Gasteiger partial charge is 0.245 e. The molecule has 0 radical (unpaired) electrons. The van der Waals surface area contributed by atoms with Gasteiger partial charge in [0.15, 0.2) is 9.84 Å². The Kier molecular flexibility index (Phi) is 4.07. The first kappa shape index (κ1) is 16.3. The van der Waals surface area contributed by atoms with Crippen LogP contribution in [0.15, 0.2) is 17.0 Å². The van der Waals surface area contributed by atoms with Gasteiger partial charge in [-0.05, 0) is 44.0 Å². The molecule has 0 saturated carbocycles. The highest BCUT2D eigenvalue weighted by molar-refractivity contribution is 7.92. The van der Waals surface area contributed by atoms with Crippen molar-refractivity contribution in [3.05, 3.63) is 23.3 Å². The zero-order chi connectivity index (χ0) is 16.0. The van der Waals surface area contributed by atoms with Crippen LogP contribution in [0.1, 0.15) is 18.1 Å². The summed E-state index contributed by atoms with van der Waals surface area (Å²) < 4.78 is 49.9. The number of sulfonamides is 1. The Balaban J connectivity index is 2.46. The van der Waals surface area contributed by atoms with Crippen molar-refractivity contribution in [1.82, 2.24) is 4.31 Å². The summed E-state index contributed by atoms with van der Waals surface area (Å²) in [4.78, 5) is 0.0525. The normalized spacial score (nSPS) is 23.1. The van der Waals surface area contributed by atoms with E-state index in [0.717, 1.165) is 11.1 Å². The molecule has 0 aromatic heterocycles. The lowest BCUT2D eigenvalue weighted by atomic mass is 10.1. The van der Waals surface area contributed by atoms with E-state index in [1.54, 1.807) is 19.1 Å². The summed E-state index contributed by atoms with van der Waals surface area (Å²) >= 11 is 0. The second kappa shape index (κ2) is 5.26. The molecule has 1 unspecified atom stereocenters. The molecule has 1 heterocycles. The molecule has 1 aliphatic heterocycles. The van der Waals surface area contributed by atoms with Crippen LogP contribution in [-0.4, -0.2) is 45.2 Å². The number of hydrogen-bond donors (Lipinski definition) is 1. The van der Waals surface area contributed by atoms with Gasteiger partial charge < -0.3 is 5.73 Å². The maximum atomic E-state index is 12.7. The highest BCUT2D eigenvalue weighted by Gasteiger charge is 2.37. The van der Waals surface area contributed by atoms with Crippen LogP contribution in [0.5, 0.6) is 0 Å². The standard InChI is InChI=1S/C13H20N2O4S2/c1-9-6-12(14)13(7-10(9)2)21(18,19)15-4-5-20(16,17)8-11(15)3/h6-7,11H,4-5,8,14H2,1-3H3. The van der Waals surface area contributed by atoms with Crippen molar-refractivity contribution in [3.8, 4) is 0 Å². The van der Waals surface area contributed by atoms with E-state index in [2.05, 4.69) is 0 Å². The number of rotatable bonds is 2. The number of hydrogen-bond acceptors (Lipinski definition) is 5. The zero-order valence-corrected chi connectivity index (χ0v) is 14.0. The van der Waals surface area contributed by atoms with Crippen LogP contribution >= 0.6 is 0 Å². The van der Waals surface area contributed by atoms with Crippen LogP contribution in [0, 0.1) is 13.8 Å². The summed E-state index contributed by atoms with van der Waals surface area (Å²) in [5.74, 6) is -0.307. The number of nitrogens with two attached hydrogens (primary N) is 1. The summed E-state index contributed by atoms with van der Waals surface area (Å²) in [6.45, 7) is 5.25. The predicted octanol–water partition coefficient (Wildman–Crippen LogP) is 0.693. The van der Waals surface area contributed by atoms with Crippen molar-refractivity contribution < 1.29 is 16.8 Å². The third-order valence-electron chi connectivity index (χ3n) is 3.82. The maximum Gasteiger partial charge on any atom is 0.245 e. The van der Waals surface area contributed by atoms with Crippen LogP contribution in [0.4, 0.5) is 5.69 Å². The Bertz CT molecular complexity index is 770. The third kappa shape index (κ3) is 3.07. The van der Waals surface area contributed by atoms with Gasteiger partial charge in [-0.25, -0.2) is 16.8 Å². The highest BCUT2D eigenvalue weighted by atomic mass is 32.2. The molecule has 1 aliphatic rings. The van der Waals surface area contributed by atoms with Crippen LogP contribution in [0.3, 0.4) is 0 Å². The van der Waals surface area contributed by atoms with Gasteiger partial charge in [-0.1, -0.05) is 0 Å². The zero-order valence-electron chi connectivity index (χ0n) is 12.3. The molecular weight excluding hydrogens is 312 g/mol. The molecule has 1 atom stereocenters. The van der Waals surface area contributed by atoms with E-state index in [1.165, 1.54) is 4.31 Å². The fourth-order valence-electron chi connectivity index (χ4n) is 2.50. The third-order valence-corrected chi connectivity index (χ3v) is 7.69. The molecule has 0 bridgehead atoms. The molecule has 118 valence electrons. The van der Waals surface area contributed by atoms with E-state index in [-0.39, 0.29) is 28.6 Å². The monoisotopic (exact) mass is 332 g/mol. The summed E-state index contributed by atoms with van der Waals surface area (Å²) in [5, 5.41) is 0. The molecule has 2 rings (SSSR count). The Hall–Kier alpha value is -1.12. The fourth-order valence-corrected chi connectivity index (χ4v) is 6.08. The van der Waals surface area contributed by atoms with Crippen LogP contribution in [0.2, 0.25) is 0 Å². The largest absolute Gasteiger partial charge is 0.398 e. The van der Waals surface area contributed by atoms with Crippen molar-refractivity contribution in [2.24, 2.45) is 0 Å². The van der Waals surface area contributed by atoms with Gasteiger partial charge in [-0.15, -0.1) is 0 Å². The molecule has 6 nitrogen and oxygen atoms in total. The quantitative estimate of drug-likeness (QED) is 0.804. The van der Waals surface area contributed by atoms with Gasteiger partial charge in [-0.2, -0.15) is 4.31 Å². The molecule has 2 N–H and O–H groups in total. The van der Waals surface area contributed by atoms with Gasteiger partial charge in [0.05, 0.1) is 17.2 Å². The van der Waals surface area contributed by atoms with Gasteiger partial charge >= 0.3 is 0 Å². The van der Waals surface area contributed by atoms with Crippen LogP contribution in [0.25, 0.3) is 0 Å². The highest BCUT2D eigenvalue weighted by Crippen LogP contribution is 2.28. The van der Waals surface area contributed by atoms with Crippen molar-refractivity contribution in [1.29, 1.82) is 0 Å². The van der Waals surface area contributed by atoms with Gasteiger partial charge in [0.25, 0.3) is 0 Å². The first-order chi connectivity index (χ1) is 9.54. The lowest BCUT2D eigenvalue weighted by Gasteiger charge is -2.32. The van der Waals surface area contributed by atoms with E-state index >= 15 is 0 Å². The van der Waals surface area contributed by atoms with Gasteiger partial charge in [-0.3, -0.25) is 0 Å². The summed E-state index contributed by atoms with van der Waals surface area (Å²) in [6, 6.07) is 2.60. The number of nitrogens with zero attached hydrogens (tertiary/aromatic N) is 1. The van der Waals surface area contributed by atoms with E-state index in [9.17, 15) is 16.8 Å². The minimum Gasteiger partial charge on any atom is -0.398 e. The Labute approximate surface area is 125 Å². The average Bonchev–Trinajstić information content (AvgIpc) is 2.31. The van der Waals surface area contributed by atoms with Crippen molar-refractivity contribution in [2.75, 3.05) is 23.8 Å². The average molecular weight is 332 g/mol. The molecule has 1 saturated heterocycles. The van der Waals surface area contributed by atoms with Crippen molar-refractivity contribution >= 4 is 25.5 Å². The number of sulfone groups is 1. The first-order valence-corrected chi connectivity index (χ1v) is 9.90. The molecule has 1 aromatic rings.